The zero-order valence-electron chi connectivity index (χ0n) is 15.9. The number of urea groups is 1. The van der Waals surface area contributed by atoms with Crippen molar-refractivity contribution in [3.63, 3.8) is 0 Å². The van der Waals surface area contributed by atoms with Crippen molar-refractivity contribution in [2.24, 2.45) is 0 Å². The van der Waals surface area contributed by atoms with Crippen LogP contribution in [-0.2, 0) is 11.2 Å². The predicted octanol–water partition coefficient (Wildman–Crippen LogP) is 4.19. The van der Waals surface area contributed by atoms with Gasteiger partial charge in [0.15, 0.2) is 0 Å². The van der Waals surface area contributed by atoms with E-state index >= 15 is 0 Å². The third kappa shape index (κ3) is 7.40. The average molecular weight is 369 g/mol. The fraction of sp³-hybridized carbons (Fsp3) is 0.333. The Hall–Kier alpha value is -3.02. The highest BCUT2D eigenvalue weighted by atomic mass is 16.5. The fourth-order valence-electron chi connectivity index (χ4n) is 2.50. The standard InChI is InChI=1S/C21H27N3O3/c1-3-4-5-16-6-8-17(9-7-16)23-20(25)14-15-22-21(26)24-18-10-12-19(27-2)13-11-18/h6-13H,3-5,14-15H2,1-2H3,(H,23,25)(H2,22,24,26). The first kappa shape index (κ1) is 20.3. The van der Waals surface area contributed by atoms with Crippen LogP contribution in [0.2, 0.25) is 0 Å². The second-order valence-electron chi connectivity index (χ2n) is 6.21. The van der Waals surface area contributed by atoms with Gasteiger partial charge in [0.2, 0.25) is 5.91 Å². The van der Waals surface area contributed by atoms with Crippen LogP contribution in [0, 0.1) is 0 Å². The minimum Gasteiger partial charge on any atom is -0.497 e. The first-order valence-electron chi connectivity index (χ1n) is 9.18. The van der Waals surface area contributed by atoms with Crippen LogP contribution in [0.15, 0.2) is 48.5 Å². The molecule has 2 rings (SSSR count). The van der Waals surface area contributed by atoms with Crippen LogP contribution in [0.25, 0.3) is 0 Å². The molecular weight excluding hydrogens is 342 g/mol. The summed E-state index contributed by atoms with van der Waals surface area (Å²) in [6.45, 7) is 2.42. The van der Waals surface area contributed by atoms with E-state index in [1.165, 1.54) is 5.56 Å². The largest absolute Gasteiger partial charge is 0.497 e. The van der Waals surface area contributed by atoms with Gasteiger partial charge in [-0.05, 0) is 54.8 Å². The minimum absolute atomic E-state index is 0.138. The van der Waals surface area contributed by atoms with E-state index in [1.807, 2.05) is 24.3 Å². The molecule has 6 nitrogen and oxygen atoms in total. The maximum absolute atomic E-state index is 12.0. The number of anilines is 2. The Morgan fingerprint density at radius 2 is 1.56 bits per heavy atom. The highest BCUT2D eigenvalue weighted by molar-refractivity contribution is 5.92. The van der Waals surface area contributed by atoms with Crippen LogP contribution >= 0.6 is 0 Å². The molecule has 0 saturated heterocycles. The van der Waals surface area contributed by atoms with E-state index in [-0.39, 0.29) is 24.9 Å². The van der Waals surface area contributed by atoms with Gasteiger partial charge in [-0.15, -0.1) is 0 Å². The molecule has 0 unspecified atom stereocenters. The van der Waals surface area contributed by atoms with Gasteiger partial charge < -0.3 is 20.7 Å². The van der Waals surface area contributed by atoms with Crippen molar-refractivity contribution in [2.75, 3.05) is 24.3 Å². The molecule has 0 aromatic heterocycles. The summed E-state index contributed by atoms with van der Waals surface area (Å²) in [7, 11) is 1.58. The molecule has 0 heterocycles. The molecule has 0 saturated carbocycles. The summed E-state index contributed by atoms with van der Waals surface area (Å²) >= 11 is 0. The number of hydrogen-bond donors (Lipinski definition) is 3. The third-order valence-corrected chi connectivity index (χ3v) is 4.04. The van der Waals surface area contributed by atoms with Crippen LogP contribution in [0.5, 0.6) is 5.75 Å². The third-order valence-electron chi connectivity index (χ3n) is 4.04. The lowest BCUT2D eigenvalue weighted by atomic mass is 10.1. The molecule has 3 N–H and O–H groups in total. The first-order valence-corrected chi connectivity index (χ1v) is 9.18. The highest BCUT2D eigenvalue weighted by Gasteiger charge is 2.05. The van der Waals surface area contributed by atoms with Gasteiger partial charge in [-0.25, -0.2) is 4.79 Å². The van der Waals surface area contributed by atoms with Crippen molar-refractivity contribution in [3.8, 4) is 5.75 Å². The monoisotopic (exact) mass is 369 g/mol. The van der Waals surface area contributed by atoms with Gasteiger partial charge in [0, 0.05) is 24.3 Å². The number of ether oxygens (including phenoxy) is 1. The van der Waals surface area contributed by atoms with Gasteiger partial charge in [-0.3, -0.25) is 4.79 Å². The SMILES string of the molecule is CCCCc1ccc(NC(=O)CCNC(=O)Nc2ccc(OC)cc2)cc1. The van der Waals surface area contributed by atoms with Crippen LogP contribution < -0.4 is 20.7 Å². The molecule has 0 fully saturated rings. The topological polar surface area (TPSA) is 79.5 Å². The van der Waals surface area contributed by atoms with E-state index in [0.717, 1.165) is 30.7 Å². The molecule has 0 aliphatic heterocycles. The molecule has 0 radical (unpaired) electrons. The number of rotatable bonds is 9. The molecule has 3 amide bonds. The van der Waals surface area contributed by atoms with Crippen LogP contribution in [0.3, 0.4) is 0 Å². The minimum atomic E-state index is -0.353. The summed E-state index contributed by atoms with van der Waals surface area (Å²) in [5, 5.41) is 8.21. The van der Waals surface area contributed by atoms with Crippen molar-refractivity contribution in [2.45, 2.75) is 32.6 Å². The zero-order valence-corrected chi connectivity index (χ0v) is 15.9. The molecule has 0 aliphatic rings. The van der Waals surface area contributed by atoms with Crippen LogP contribution in [-0.4, -0.2) is 25.6 Å². The van der Waals surface area contributed by atoms with Crippen molar-refractivity contribution < 1.29 is 14.3 Å². The van der Waals surface area contributed by atoms with Gasteiger partial charge in [-0.1, -0.05) is 25.5 Å². The second-order valence-corrected chi connectivity index (χ2v) is 6.21. The number of unbranched alkanes of at least 4 members (excludes halogenated alkanes) is 1. The predicted molar refractivity (Wildman–Crippen MR) is 108 cm³/mol. The smallest absolute Gasteiger partial charge is 0.319 e. The number of nitrogens with one attached hydrogen (secondary N) is 3. The van der Waals surface area contributed by atoms with Crippen LogP contribution in [0.1, 0.15) is 31.7 Å². The first-order chi connectivity index (χ1) is 13.1. The van der Waals surface area contributed by atoms with E-state index in [2.05, 4.69) is 22.9 Å². The number of hydrogen-bond acceptors (Lipinski definition) is 3. The lowest BCUT2D eigenvalue weighted by Gasteiger charge is -2.09. The molecule has 0 bridgehead atoms. The molecule has 144 valence electrons. The maximum atomic E-state index is 12.0. The molecule has 0 atom stereocenters. The molecule has 0 spiro atoms. The molecule has 2 aromatic rings. The Morgan fingerprint density at radius 3 is 2.19 bits per heavy atom. The number of aryl methyl sites for hydroxylation is 1. The Bertz CT molecular complexity index is 727. The van der Waals surface area contributed by atoms with Crippen molar-refractivity contribution in [1.82, 2.24) is 5.32 Å². The van der Waals surface area contributed by atoms with E-state index < -0.39 is 0 Å². The maximum Gasteiger partial charge on any atom is 0.319 e. The van der Waals surface area contributed by atoms with Crippen molar-refractivity contribution >= 4 is 23.3 Å². The van der Waals surface area contributed by atoms with E-state index in [0.29, 0.717) is 5.69 Å². The summed E-state index contributed by atoms with van der Waals surface area (Å²) < 4.78 is 5.07. The summed E-state index contributed by atoms with van der Waals surface area (Å²) in [5.41, 5.74) is 2.69. The quantitative estimate of drug-likeness (QED) is 0.620. The second kappa shape index (κ2) is 10.9. The Labute approximate surface area is 160 Å². The highest BCUT2D eigenvalue weighted by Crippen LogP contribution is 2.15. The molecule has 27 heavy (non-hydrogen) atoms. The Morgan fingerprint density at radius 1 is 0.926 bits per heavy atom. The Balaban J connectivity index is 1.68. The number of methoxy groups -OCH3 is 1. The van der Waals surface area contributed by atoms with Gasteiger partial charge in [0.05, 0.1) is 7.11 Å². The average Bonchev–Trinajstić information content (AvgIpc) is 2.68. The van der Waals surface area contributed by atoms with E-state index in [4.69, 9.17) is 4.74 Å². The molecule has 2 aromatic carbocycles. The van der Waals surface area contributed by atoms with Gasteiger partial charge >= 0.3 is 6.03 Å². The van der Waals surface area contributed by atoms with E-state index in [9.17, 15) is 9.59 Å². The fourth-order valence-corrected chi connectivity index (χ4v) is 2.50. The molecule has 6 heteroatoms. The normalized spacial score (nSPS) is 10.1. The van der Waals surface area contributed by atoms with Gasteiger partial charge in [-0.2, -0.15) is 0 Å². The van der Waals surface area contributed by atoms with Gasteiger partial charge in [0.1, 0.15) is 5.75 Å². The number of benzene rings is 2. The number of amides is 3. The van der Waals surface area contributed by atoms with Crippen molar-refractivity contribution in [3.05, 3.63) is 54.1 Å². The zero-order chi connectivity index (χ0) is 19.5. The van der Waals surface area contributed by atoms with E-state index in [1.54, 1.807) is 31.4 Å². The van der Waals surface area contributed by atoms with Gasteiger partial charge in [0.25, 0.3) is 0 Å². The summed E-state index contributed by atoms with van der Waals surface area (Å²) in [6.07, 6.45) is 3.58. The number of carbonyl (C=O) groups is 2. The lowest BCUT2D eigenvalue weighted by molar-refractivity contribution is -0.116. The summed E-state index contributed by atoms with van der Waals surface area (Å²) in [6, 6.07) is 14.5. The summed E-state index contributed by atoms with van der Waals surface area (Å²) in [4.78, 5) is 23.8. The summed E-state index contributed by atoms with van der Waals surface area (Å²) in [5.74, 6) is 0.581. The molecular formula is C21H27N3O3. The van der Waals surface area contributed by atoms with Crippen molar-refractivity contribution in [1.29, 1.82) is 0 Å². The number of carbonyl (C=O) groups excluding carboxylic acids is 2. The lowest BCUT2D eigenvalue weighted by Crippen LogP contribution is -2.31. The van der Waals surface area contributed by atoms with Crippen LogP contribution in [0.4, 0.5) is 16.2 Å². The molecule has 0 aliphatic carbocycles. The Kier molecular flexibility index (Phi) is 8.16.